The Kier molecular flexibility index (Phi) is 5.35. The van der Waals surface area contributed by atoms with Crippen molar-refractivity contribution in [1.82, 2.24) is 10.4 Å². The molecule has 148 valence electrons. The number of carbonyl (C=O) groups excluding carboxylic acids is 1. The molecular weight excluding hydrogens is 377 g/mol. The van der Waals surface area contributed by atoms with Gasteiger partial charge in [-0.3, -0.25) is 4.79 Å². The zero-order valence-electron chi connectivity index (χ0n) is 16.7. The quantitative estimate of drug-likeness (QED) is 0.369. The predicted molar refractivity (Wildman–Crippen MR) is 118 cm³/mol. The van der Waals surface area contributed by atoms with E-state index in [2.05, 4.69) is 21.6 Å². The van der Waals surface area contributed by atoms with Crippen molar-refractivity contribution in [3.8, 4) is 11.3 Å². The van der Waals surface area contributed by atoms with Crippen molar-refractivity contribution in [3.05, 3.63) is 101 Å². The molecular formula is C25H20FN3O. The molecule has 0 saturated carbocycles. The number of hydrogen-bond donors (Lipinski definition) is 1. The number of aryl methyl sites for hydroxylation is 2. The van der Waals surface area contributed by atoms with Crippen molar-refractivity contribution in [3.63, 3.8) is 0 Å². The third-order valence-corrected chi connectivity index (χ3v) is 4.90. The lowest BCUT2D eigenvalue weighted by atomic mass is 10.0. The summed E-state index contributed by atoms with van der Waals surface area (Å²) in [6.45, 7) is 4.03. The largest absolute Gasteiger partial charge is 0.272 e. The van der Waals surface area contributed by atoms with Crippen LogP contribution in [-0.4, -0.2) is 17.1 Å². The van der Waals surface area contributed by atoms with E-state index in [1.165, 1.54) is 17.7 Å². The van der Waals surface area contributed by atoms with Crippen molar-refractivity contribution < 1.29 is 9.18 Å². The van der Waals surface area contributed by atoms with E-state index >= 15 is 0 Å². The standard InChI is InChI=1S/C25H20FN3O/c1-16-7-8-19(17(2)13-16)15-27-29-25(30)22-14-24(18-9-11-20(26)12-10-18)28-23-6-4-3-5-21(22)23/h3-15H,1-2H3,(H,29,30)/b27-15-. The Hall–Kier alpha value is -3.86. The van der Waals surface area contributed by atoms with Gasteiger partial charge in [0.2, 0.25) is 0 Å². The second-order valence-electron chi connectivity index (χ2n) is 7.14. The van der Waals surface area contributed by atoms with Crippen LogP contribution in [0, 0.1) is 19.7 Å². The van der Waals surface area contributed by atoms with Gasteiger partial charge in [0, 0.05) is 10.9 Å². The van der Waals surface area contributed by atoms with Gasteiger partial charge in [-0.05, 0) is 61.4 Å². The molecule has 0 fully saturated rings. The fraction of sp³-hybridized carbons (Fsp3) is 0.0800. The van der Waals surface area contributed by atoms with Gasteiger partial charge in [0.1, 0.15) is 5.82 Å². The van der Waals surface area contributed by atoms with Crippen LogP contribution in [0.1, 0.15) is 27.0 Å². The van der Waals surface area contributed by atoms with Crippen LogP contribution in [0.25, 0.3) is 22.2 Å². The number of hydrogen-bond acceptors (Lipinski definition) is 3. The second kappa shape index (κ2) is 8.25. The summed E-state index contributed by atoms with van der Waals surface area (Å²) in [6, 6.07) is 21.2. The molecule has 0 spiro atoms. The maximum atomic E-state index is 13.3. The second-order valence-corrected chi connectivity index (χ2v) is 7.14. The lowest BCUT2D eigenvalue weighted by molar-refractivity contribution is 0.0956. The lowest BCUT2D eigenvalue weighted by Crippen LogP contribution is -2.18. The molecule has 0 aliphatic heterocycles. The summed E-state index contributed by atoms with van der Waals surface area (Å²) in [4.78, 5) is 17.5. The molecule has 0 aliphatic carbocycles. The molecule has 0 atom stereocenters. The van der Waals surface area contributed by atoms with Crippen LogP contribution in [-0.2, 0) is 0 Å². The summed E-state index contributed by atoms with van der Waals surface area (Å²) in [6.07, 6.45) is 1.64. The molecule has 0 bridgehead atoms. The summed E-state index contributed by atoms with van der Waals surface area (Å²) in [5, 5.41) is 4.86. The fourth-order valence-corrected chi connectivity index (χ4v) is 3.32. The van der Waals surface area contributed by atoms with Crippen LogP contribution in [0.5, 0.6) is 0 Å². The molecule has 1 amide bonds. The Morgan fingerprint density at radius 1 is 1.00 bits per heavy atom. The van der Waals surface area contributed by atoms with Gasteiger partial charge in [0.05, 0.1) is 23.0 Å². The van der Waals surface area contributed by atoms with Gasteiger partial charge in [-0.25, -0.2) is 14.8 Å². The normalized spacial score (nSPS) is 11.2. The van der Waals surface area contributed by atoms with Crippen molar-refractivity contribution >= 4 is 23.0 Å². The smallest absolute Gasteiger partial charge is 0.267 e. The molecule has 5 heteroatoms. The SMILES string of the molecule is Cc1ccc(/C=N\NC(=O)c2cc(-c3ccc(F)cc3)nc3ccccc23)c(C)c1. The number of para-hydroxylation sites is 1. The number of rotatable bonds is 4. The molecule has 0 radical (unpaired) electrons. The number of benzene rings is 3. The third kappa shape index (κ3) is 4.10. The highest BCUT2D eigenvalue weighted by atomic mass is 19.1. The van der Waals surface area contributed by atoms with Gasteiger partial charge >= 0.3 is 0 Å². The van der Waals surface area contributed by atoms with E-state index in [0.29, 0.717) is 16.8 Å². The third-order valence-electron chi connectivity index (χ3n) is 4.90. The average molecular weight is 397 g/mol. The number of amides is 1. The summed E-state index contributed by atoms with van der Waals surface area (Å²) in [5.74, 6) is -0.656. The molecule has 0 saturated heterocycles. The number of aromatic nitrogens is 1. The molecule has 3 aromatic carbocycles. The number of nitrogens with one attached hydrogen (secondary N) is 1. The van der Waals surface area contributed by atoms with Crippen molar-refractivity contribution in [2.75, 3.05) is 0 Å². The first-order chi connectivity index (χ1) is 14.5. The van der Waals surface area contributed by atoms with E-state index in [9.17, 15) is 9.18 Å². The van der Waals surface area contributed by atoms with Crippen LogP contribution in [0.4, 0.5) is 4.39 Å². The van der Waals surface area contributed by atoms with E-state index in [4.69, 9.17) is 0 Å². The van der Waals surface area contributed by atoms with Crippen LogP contribution >= 0.6 is 0 Å². The fourth-order valence-electron chi connectivity index (χ4n) is 3.32. The number of carbonyl (C=O) groups is 1. The zero-order valence-corrected chi connectivity index (χ0v) is 16.7. The highest BCUT2D eigenvalue weighted by molar-refractivity contribution is 6.07. The number of fused-ring (bicyclic) bond motifs is 1. The molecule has 1 aromatic heterocycles. The maximum absolute atomic E-state index is 13.3. The van der Waals surface area contributed by atoms with E-state index in [1.807, 2.05) is 50.2 Å². The number of pyridine rings is 1. The first-order valence-corrected chi connectivity index (χ1v) is 9.57. The zero-order chi connectivity index (χ0) is 21.1. The molecule has 1 N–H and O–H groups in total. The first-order valence-electron chi connectivity index (χ1n) is 9.57. The molecule has 0 aliphatic rings. The molecule has 30 heavy (non-hydrogen) atoms. The lowest BCUT2D eigenvalue weighted by Gasteiger charge is -2.09. The van der Waals surface area contributed by atoms with Crippen molar-refractivity contribution in [1.29, 1.82) is 0 Å². The van der Waals surface area contributed by atoms with Crippen molar-refractivity contribution in [2.24, 2.45) is 5.10 Å². The Morgan fingerprint density at radius 3 is 2.53 bits per heavy atom. The number of halogens is 1. The van der Waals surface area contributed by atoms with Gasteiger partial charge in [-0.15, -0.1) is 0 Å². The van der Waals surface area contributed by atoms with Gasteiger partial charge in [0.25, 0.3) is 5.91 Å². The van der Waals surface area contributed by atoms with Crippen LogP contribution in [0.15, 0.2) is 77.9 Å². The molecule has 1 heterocycles. The molecule has 4 aromatic rings. The summed E-state index contributed by atoms with van der Waals surface area (Å²) < 4.78 is 13.3. The van der Waals surface area contributed by atoms with Gasteiger partial charge in [-0.1, -0.05) is 42.0 Å². The van der Waals surface area contributed by atoms with Gasteiger partial charge in [0.15, 0.2) is 0 Å². The van der Waals surface area contributed by atoms with E-state index in [1.54, 1.807) is 24.4 Å². The number of hydrazone groups is 1. The van der Waals surface area contributed by atoms with E-state index < -0.39 is 0 Å². The molecule has 4 rings (SSSR count). The minimum absolute atomic E-state index is 0.321. The van der Waals surface area contributed by atoms with Gasteiger partial charge in [-0.2, -0.15) is 5.10 Å². The van der Waals surface area contributed by atoms with E-state index in [0.717, 1.165) is 22.1 Å². The summed E-state index contributed by atoms with van der Waals surface area (Å²) in [7, 11) is 0. The topological polar surface area (TPSA) is 54.4 Å². The molecule has 4 nitrogen and oxygen atoms in total. The highest BCUT2D eigenvalue weighted by Crippen LogP contribution is 2.25. The van der Waals surface area contributed by atoms with Crippen LogP contribution in [0.3, 0.4) is 0 Å². The average Bonchev–Trinajstić information content (AvgIpc) is 2.75. The number of nitrogens with zero attached hydrogens (tertiary/aromatic N) is 2. The van der Waals surface area contributed by atoms with Gasteiger partial charge < -0.3 is 0 Å². The summed E-state index contributed by atoms with van der Waals surface area (Å²) >= 11 is 0. The Bertz CT molecular complexity index is 1260. The van der Waals surface area contributed by atoms with Crippen LogP contribution in [0.2, 0.25) is 0 Å². The van der Waals surface area contributed by atoms with E-state index in [-0.39, 0.29) is 11.7 Å². The summed E-state index contributed by atoms with van der Waals surface area (Å²) in [5.41, 5.74) is 8.27. The maximum Gasteiger partial charge on any atom is 0.272 e. The Morgan fingerprint density at radius 2 is 1.77 bits per heavy atom. The highest BCUT2D eigenvalue weighted by Gasteiger charge is 2.13. The minimum Gasteiger partial charge on any atom is -0.267 e. The Balaban J connectivity index is 1.67. The molecule has 0 unspecified atom stereocenters. The Labute approximate surface area is 174 Å². The first kappa shape index (κ1) is 19.5. The minimum atomic E-state index is -0.335. The van der Waals surface area contributed by atoms with Crippen molar-refractivity contribution in [2.45, 2.75) is 13.8 Å². The monoisotopic (exact) mass is 397 g/mol. The predicted octanol–water partition coefficient (Wildman–Crippen LogP) is 5.42. The van der Waals surface area contributed by atoms with Crippen LogP contribution < -0.4 is 5.43 Å².